The van der Waals surface area contributed by atoms with Crippen LogP contribution in [0.25, 0.3) is 0 Å². The summed E-state index contributed by atoms with van der Waals surface area (Å²) in [5.41, 5.74) is 5.40. The SMILES string of the molecule is Cl.NCCCCNC(=O)c1ccc(COc2cccc(Br)c2)o1. The minimum atomic E-state index is -0.217. The van der Waals surface area contributed by atoms with Crippen molar-refractivity contribution in [2.75, 3.05) is 13.1 Å². The van der Waals surface area contributed by atoms with Crippen molar-refractivity contribution in [1.82, 2.24) is 5.32 Å². The molecule has 0 unspecified atom stereocenters. The first-order valence-electron chi connectivity index (χ1n) is 7.14. The molecule has 0 aliphatic rings. The van der Waals surface area contributed by atoms with Crippen LogP contribution in [-0.4, -0.2) is 19.0 Å². The molecule has 0 fully saturated rings. The monoisotopic (exact) mass is 402 g/mol. The van der Waals surface area contributed by atoms with Gasteiger partial charge in [-0.3, -0.25) is 4.79 Å². The summed E-state index contributed by atoms with van der Waals surface area (Å²) in [7, 11) is 0. The van der Waals surface area contributed by atoms with E-state index >= 15 is 0 Å². The Labute approximate surface area is 150 Å². The Morgan fingerprint density at radius 2 is 2.09 bits per heavy atom. The van der Waals surface area contributed by atoms with Crippen molar-refractivity contribution < 1.29 is 13.9 Å². The minimum absolute atomic E-state index is 0. The second-order valence-electron chi connectivity index (χ2n) is 4.76. The van der Waals surface area contributed by atoms with Crippen LogP contribution in [0, 0.1) is 0 Å². The first-order chi connectivity index (χ1) is 10.7. The van der Waals surface area contributed by atoms with E-state index in [0.29, 0.717) is 24.6 Å². The second-order valence-corrected chi connectivity index (χ2v) is 5.68. The van der Waals surface area contributed by atoms with Crippen LogP contribution in [0.5, 0.6) is 5.75 Å². The van der Waals surface area contributed by atoms with Gasteiger partial charge in [-0.1, -0.05) is 22.0 Å². The highest BCUT2D eigenvalue weighted by atomic mass is 79.9. The third-order valence-corrected chi connectivity index (χ3v) is 3.47. The first-order valence-corrected chi connectivity index (χ1v) is 7.93. The van der Waals surface area contributed by atoms with Gasteiger partial charge in [0.2, 0.25) is 0 Å². The van der Waals surface area contributed by atoms with Gasteiger partial charge in [0.25, 0.3) is 5.91 Å². The molecule has 0 aliphatic heterocycles. The van der Waals surface area contributed by atoms with E-state index in [9.17, 15) is 4.79 Å². The molecule has 0 atom stereocenters. The van der Waals surface area contributed by atoms with Crippen LogP contribution in [0.1, 0.15) is 29.2 Å². The molecule has 2 rings (SSSR count). The van der Waals surface area contributed by atoms with Crippen LogP contribution in [-0.2, 0) is 6.61 Å². The molecule has 0 saturated heterocycles. The number of furan rings is 1. The Bertz CT molecular complexity index is 619. The maximum absolute atomic E-state index is 11.9. The summed E-state index contributed by atoms with van der Waals surface area (Å²) in [6, 6.07) is 10.9. The Hall–Kier alpha value is -1.50. The van der Waals surface area contributed by atoms with Crippen molar-refractivity contribution in [2.45, 2.75) is 19.4 Å². The molecule has 1 aromatic carbocycles. The fourth-order valence-electron chi connectivity index (χ4n) is 1.85. The van der Waals surface area contributed by atoms with E-state index in [1.165, 1.54) is 0 Å². The second kappa shape index (κ2) is 10.3. The number of carbonyl (C=O) groups excluding carboxylic acids is 1. The standard InChI is InChI=1S/C16H19BrN2O3.ClH/c17-12-4-3-5-13(10-12)21-11-14-6-7-15(22-14)16(20)19-9-2-1-8-18;/h3-7,10H,1-2,8-9,11,18H2,(H,19,20);1H. The molecular formula is C16H20BrClN2O3. The number of carbonyl (C=O) groups is 1. The van der Waals surface area contributed by atoms with Gasteiger partial charge in [0.1, 0.15) is 18.1 Å². The molecule has 1 amide bonds. The average molecular weight is 404 g/mol. The number of benzene rings is 1. The van der Waals surface area contributed by atoms with Gasteiger partial charge in [-0.25, -0.2) is 0 Å². The molecule has 0 bridgehead atoms. The summed E-state index contributed by atoms with van der Waals surface area (Å²) in [6.07, 6.45) is 1.76. The summed E-state index contributed by atoms with van der Waals surface area (Å²) in [5.74, 6) is 1.41. The number of ether oxygens (including phenoxy) is 1. The zero-order valence-electron chi connectivity index (χ0n) is 12.6. The highest BCUT2D eigenvalue weighted by molar-refractivity contribution is 9.10. The highest BCUT2D eigenvalue weighted by Crippen LogP contribution is 2.19. The molecule has 2 aromatic rings. The molecule has 126 valence electrons. The largest absolute Gasteiger partial charge is 0.486 e. The van der Waals surface area contributed by atoms with Gasteiger partial charge in [0.05, 0.1) is 0 Å². The minimum Gasteiger partial charge on any atom is -0.486 e. The van der Waals surface area contributed by atoms with E-state index in [0.717, 1.165) is 23.1 Å². The summed E-state index contributed by atoms with van der Waals surface area (Å²) in [4.78, 5) is 11.9. The zero-order chi connectivity index (χ0) is 15.8. The molecule has 7 heteroatoms. The van der Waals surface area contributed by atoms with Crippen LogP contribution in [0.2, 0.25) is 0 Å². The van der Waals surface area contributed by atoms with Crippen molar-refractivity contribution in [1.29, 1.82) is 0 Å². The van der Waals surface area contributed by atoms with Crippen molar-refractivity contribution in [3.8, 4) is 5.75 Å². The molecule has 0 spiro atoms. The van der Waals surface area contributed by atoms with Gasteiger partial charge < -0.3 is 20.2 Å². The normalized spacial score (nSPS) is 10.0. The number of nitrogens with one attached hydrogen (secondary N) is 1. The van der Waals surface area contributed by atoms with Gasteiger partial charge in [-0.2, -0.15) is 0 Å². The van der Waals surface area contributed by atoms with Gasteiger partial charge in [-0.05, 0) is 49.7 Å². The lowest BCUT2D eigenvalue weighted by Crippen LogP contribution is -2.24. The average Bonchev–Trinajstić information content (AvgIpc) is 2.98. The van der Waals surface area contributed by atoms with Crippen LogP contribution in [0.3, 0.4) is 0 Å². The topological polar surface area (TPSA) is 77.5 Å². The molecule has 0 radical (unpaired) electrons. The Morgan fingerprint density at radius 3 is 2.83 bits per heavy atom. The van der Waals surface area contributed by atoms with Crippen LogP contribution < -0.4 is 15.8 Å². The van der Waals surface area contributed by atoms with E-state index in [-0.39, 0.29) is 24.9 Å². The van der Waals surface area contributed by atoms with Gasteiger partial charge in [-0.15, -0.1) is 12.4 Å². The number of halogens is 2. The van der Waals surface area contributed by atoms with Gasteiger partial charge in [0, 0.05) is 11.0 Å². The fraction of sp³-hybridized carbons (Fsp3) is 0.312. The van der Waals surface area contributed by atoms with Crippen molar-refractivity contribution in [3.63, 3.8) is 0 Å². The number of hydrogen-bond donors (Lipinski definition) is 2. The van der Waals surface area contributed by atoms with E-state index in [2.05, 4.69) is 21.2 Å². The number of nitrogens with two attached hydrogens (primary N) is 1. The first kappa shape index (κ1) is 19.5. The maximum Gasteiger partial charge on any atom is 0.286 e. The Kier molecular flexibility index (Phi) is 8.76. The molecule has 1 aromatic heterocycles. The molecule has 3 N–H and O–H groups in total. The third kappa shape index (κ3) is 6.64. The van der Waals surface area contributed by atoms with Gasteiger partial charge >= 0.3 is 0 Å². The van der Waals surface area contributed by atoms with Gasteiger partial charge in [0.15, 0.2) is 5.76 Å². The number of hydrogen-bond acceptors (Lipinski definition) is 4. The summed E-state index contributed by atoms with van der Waals surface area (Å²) >= 11 is 3.38. The molecule has 1 heterocycles. The van der Waals surface area contributed by atoms with E-state index in [1.807, 2.05) is 24.3 Å². The smallest absolute Gasteiger partial charge is 0.286 e. The van der Waals surface area contributed by atoms with Crippen LogP contribution in [0.15, 0.2) is 45.3 Å². The van der Waals surface area contributed by atoms with E-state index < -0.39 is 0 Å². The summed E-state index contributed by atoms with van der Waals surface area (Å²) in [5, 5.41) is 2.79. The van der Waals surface area contributed by atoms with E-state index in [1.54, 1.807) is 12.1 Å². The van der Waals surface area contributed by atoms with Crippen molar-refractivity contribution in [3.05, 3.63) is 52.4 Å². The lowest BCUT2D eigenvalue weighted by molar-refractivity contribution is 0.0921. The Balaban J connectivity index is 0.00000264. The fourth-order valence-corrected chi connectivity index (χ4v) is 2.23. The van der Waals surface area contributed by atoms with E-state index in [4.69, 9.17) is 14.9 Å². The number of rotatable bonds is 8. The predicted molar refractivity (Wildman–Crippen MR) is 95.1 cm³/mol. The molecule has 0 saturated carbocycles. The molecule has 5 nitrogen and oxygen atoms in total. The Morgan fingerprint density at radius 1 is 1.26 bits per heavy atom. The highest BCUT2D eigenvalue weighted by Gasteiger charge is 2.10. The van der Waals surface area contributed by atoms with Crippen LogP contribution in [0.4, 0.5) is 0 Å². The third-order valence-electron chi connectivity index (χ3n) is 2.98. The number of amides is 1. The lowest BCUT2D eigenvalue weighted by atomic mass is 10.3. The lowest BCUT2D eigenvalue weighted by Gasteiger charge is -2.04. The molecular weight excluding hydrogens is 384 g/mol. The van der Waals surface area contributed by atoms with Crippen LogP contribution >= 0.6 is 28.3 Å². The molecule has 0 aliphatic carbocycles. The summed E-state index contributed by atoms with van der Waals surface area (Å²) in [6.45, 7) is 1.51. The molecule has 23 heavy (non-hydrogen) atoms. The van der Waals surface area contributed by atoms with Crippen molar-refractivity contribution >= 4 is 34.2 Å². The predicted octanol–water partition coefficient (Wildman–Crippen LogP) is 3.51. The van der Waals surface area contributed by atoms with Crippen molar-refractivity contribution in [2.24, 2.45) is 5.73 Å². The quantitative estimate of drug-likeness (QED) is 0.661. The zero-order valence-corrected chi connectivity index (χ0v) is 15.0. The maximum atomic E-state index is 11.9. The number of unbranched alkanes of at least 4 members (excludes halogenated alkanes) is 1. The summed E-state index contributed by atoms with van der Waals surface area (Å²) < 4.78 is 12.0.